The molecule has 4 aromatic rings. The van der Waals surface area contributed by atoms with Crippen LogP contribution >= 0.6 is 0 Å². The van der Waals surface area contributed by atoms with Crippen molar-refractivity contribution in [3.8, 4) is 5.69 Å². The SMILES string of the molecule is CC(C)C(=O)Nc1cccc(C2CCN(Cc3cn(-c4ccc(F)cc4)c4ccccc34)CC2)c1. The minimum Gasteiger partial charge on any atom is -0.326 e. The van der Waals surface area contributed by atoms with Gasteiger partial charge in [-0.15, -0.1) is 0 Å². The van der Waals surface area contributed by atoms with E-state index in [-0.39, 0.29) is 17.6 Å². The van der Waals surface area contributed by atoms with Gasteiger partial charge in [-0.25, -0.2) is 4.39 Å². The van der Waals surface area contributed by atoms with Crippen molar-refractivity contribution in [2.45, 2.75) is 39.2 Å². The molecule has 1 fully saturated rings. The van der Waals surface area contributed by atoms with E-state index in [1.807, 2.05) is 38.1 Å². The van der Waals surface area contributed by atoms with Gasteiger partial charge >= 0.3 is 0 Å². The lowest BCUT2D eigenvalue weighted by atomic mass is 9.89. The number of piperidine rings is 1. The molecule has 1 amide bonds. The topological polar surface area (TPSA) is 37.3 Å². The number of carbonyl (C=O) groups excluding carboxylic acids is 1. The van der Waals surface area contributed by atoms with Crippen molar-refractivity contribution in [3.63, 3.8) is 0 Å². The van der Waals surface area contributed by atoms with Gasteiger partial charge in [-0.2, -0.15) is 0 Å². The highest BCUT2D eigenvalue weighted by atomic mass is 19.1. The van der Waals surface area contributed by atoms with Crippen molar-refractivity contribution in [3.05, 3.63) is 95.9 Å². The first kappa shape index (κ1) is 23.3. The Morgan fingerprint density at radius 3 is 2.49 bits per heavy atom. The zero-order chi connectivity index (χ0) is 24.4. The number of benzene rings is 3. The first-order chi connectivity index (χ1) is 17.0. The maximum atomic E-state index is 13.5. The van der Waals surface area contributed by atoms with Crippen molar-refractivity contribution < 1.29 is 9.18 Å². The molecule has 5 heteroatoms. The monoisotopic (exact) mass is 469 g/mol. The fourth-order valence-electron chi connectivity index (χ4n) is 5.01. The zero-order valence-corrected chi connectivity index (χ0v) is 20.4. The molecule has 0 bridgehead atoms. The average molecular weight is 470 g/mol. The van der Waals surface area contributed by atoms with E-state index in [1.54, 1.807) is 0 Å². The maximum absolute atomic E-state index is 13.5. The van der Waals surface area contributed by atoms with Crippen LogP contribution in [0, 0.1) is 11.7 Å². The molecule has 0 saturated carbocycles. The molecule has 0 radical (unpaired) electrons. The van der Waals surface area contributed by atoms with Crippen LogP contribution in [0.15, 0.2) is 79.0 Å². The predicted octanol–water partition coefficient (Wildman–Crippen LogP) is 6.74. The first-order valence-corrected chi connectivity index (χ1v) is 12.5. The number of halogens is 1. The van der Waals surface area contributed by atoms with E-state index in [2.05, 4.69) is 57.4 Å². The fraction of sp³-hybridized carbons (Fsp3) is 0.300. The highest BCUT2D eigenvalue weighted by Crippen LogP contribution is 2.32. The lowest BCUT2D eigenvalue weighted by molar-refractivity contribution is -0.118. The number of hydrogen-bond acceptors (Lipinski definition) is 2. The summed E-state index contributed by atoms with van der Waals surface area (Å²) in [6, 6.07) is 23.4. The molecule has 0 unspecified atom stereocenters. The molecule has 5 rings (SSSR count). The van der Waals surface area contributed by atoms with E-state index < -0.39 is 0 Å². The van der Waals surface area contributed by atoms with E-state index in [9.17, 15) is 9.18 Å². The Morgan fingerprint density at radius 1 is 1.00 bits per heavy atom. The molecule has 35 heavy (non-hydrogen) atoms. The fourth-order valence-corrected chi connectivity index (χ4v) is 5.01. The van der Waals surface area contributed by atoms with Crippen molar-refractivity contribution in [1.82, 2.24) is 9.47 Å². The number of nitrogens with zero attached hydrogens (tertiary/aromatic N) is 2. The summed E-state index contributed by atoms with van der Waals surface area (Å²) in [5.41, 5.74) is 5.60. The third kappa shape index (κ3) is 5.15. The summed E-state index contributed by atoms with van der Waals surface area (Å²) in [5, 5.41) is 4.27. The number of hydrogen-bond donors (Lipinski definition) is 1. The highest BCUT2D eigenvalue weighted by Gasteiger charge is 2.22. The molecule has 0 atom stereocenters. The second-order valence-electron chi connectivity index (χ2n) is 9.84. The normalized spacial score (nSPS) is 15.1. The third-order valence-electron chi connectivity index (χ3n) is 7.03. The van der Waals surface area contributed by atoms with E-state index in [0.29, 0.717) is 5.92 Å². The summed E-state index contributed by atoms with van der Waals surface area (Å²) in [5.74, 6) is 0.302. The van der Waals surface area contributed by atoms with Crippen LogP contribution in [0.25, 0.3) is 16.6 Å². The van der Waals surface area contributed by atoms with Crippen LogP contribution in [0.3, 0.4) is 0 Å². The summed E-state index contributed by atoms with van der Waals surface area (Å²) in [4.78, 5) is 14.6. The van der Waals surface area contributed by atoms with E-state index in [0.717, 1.165) is 49.4 Å². The lowest BCUT2D eigenvalue weighted by Gasteiger charge is -2.32. The summed E-state index contributed by atoms with van der Waals surface area (Å²) >= 11 is 0. The first-order valence-electron chi connectivity index (χ1n) is 12.5. The molecule has 2 heterocycles. The van der Waals surface area contributed by atoms with Crippen LogP contribution in [-0.4, -0.2) is 28.5 Å². The molecule has 4 nitrogen and oxygen atoms in total. The highest BCUT2D eigenvalue weighted by molar-refractivity contribution is 5.92. The largest absolute Gasteiger partial charge is 0.326 e. The van der Waals surface area contributed by atoms with Gasteiger partial charge in [0, 0.05) is 35.4 Å². The van der Waals surface area contributed by atoms with Crippen molar-refractivity contribution in [2.24, 2.45) is 5.92 Å². The minimum atomic E-state index is -0.221. The Balaban J connectivity index is 1.28. The second kappa shape index (κ2) is 10.0. The van der Waals surface area contributed by atoms with E-state index in [4.69, 9.17) is 0 Å². The van der Waals surface area contributed by atoms with Gasteiger partial charge in [0.15, 0.2) is 0 Å². The number of anilines is 1. The number of amides is 1. The number of likely N-dealkylation sites (tertiary alicyclic amines) is 1. The Labute approximate surface area is 206 Å². The number of aromatic nitrogens is 1. The molecule has 1 saturated heterocycles. The van der Waals surface area contributed by atoms with E-state index in [1.165, 1.54) is 28.6 Å². The van der Waals surface area contributed by atoms with E-state index >= 15 is 0 Å². The number of rotatable bonds is 6. The quantitative estimate of drug-likeness (QED) is 0.339. The van der Waals surface area contributed by atoms with Crippen molar-refractivity contribution >= 4 is 22.5 Å². The lowest BCUT2D eigenvalue weighted by Crippen LogP contribution is -2.32. The van der Waals surface area contributed by atoms with Gasteiger partial charge in [0.2, 0.25) is 5.91 Å². The summed E-state index contributed by atoms with van der Waals surface area (Å²) in [7, 11) is 0. The Hall–Kier alpha value is -3.44. The standard InChI is InChI=1S/C30H32FN3O/c1-21(2)30(35)32-26-7-5-6-23(18-26)22-14-16-33(17-15-22)19-24-20-34(27-12-10-25(31)11-13-27)29-9-4-3-8-28(24)29/h3-13,18,20-22H,14-17,19H2,1-2H3,(H,32,35). The number of carbonyl (C=O) groups is 1. The molecule has 180 valence electrons. The van der Waals surface area contributed by atoms with Gasteiger partial charge in [-0.1, -0.05) is 44.2 Å². The maximum Gasteiger partial charge on any atom is 0.226 e. The Bertz CT molecular complexity index is 1320. The molecule has 1 N–H and O–H groups in total. The second-order valence-corrected chi connectivity index (χ2v) is 9.84. The number of fused-ring (bicyclic) bond motifs is 1. The Morgan fingerprint density at radius 2 is 1.74 bits per heavy atom. The summed E-state index contributed by atoms with van der Waals surface area (Å²) < 4.78 is 15.6. The molecule has 1 aliphatic heterocycles. The van der Waals surface area contributed by atoms with Gasteiger partial charge in [0.1, 0.15) is 5.82 Å². The van der Waals surface area contributed by atoms with Gasteiger partial charge in [0.25, 0.3) is 0 Å². The van der Waals surface area contributed by atoms with Crippen molar-refractivity contribution in [1.29, 1.82) is 0 Å². The van der Waals surface area contributed by atoms with Gasteiger partial charge in [-0.05, 0) is 85.4 Å². The smallest absolute Gasteiger partial charge is 0.226 e. The van der Waals surface area contributed by atoms with Crippen LogP contribution in [0.5, 0.6) is 0 Å². The summed E-state index contributed by atoms with van der Waals surface area (Å²) in [6.45, 7) is 6.77. The predicted molar refractivity (Wildman–Crippen MR) is 140 cm³/mol. The molecule has 1 aromatic heterocycles. The van der Waals surface area contributed by atoms with Gasteiger partial charge in [0.05, 0.1) is 5.52 Å². The number of nitrogens with one attached hydrogen (secondary N) is 1. The van der Waals surface area contributed by atoms with Crippen LogP contribution in [0.2, 0.25) is 0 Å². The Kier molecular flexibility index (Phi) is 6.69. The molecule has 0 spiro atoms. The van der Waals surface area contributed by atoms with Crippen molar-refractivity contribution in [2.75, 3.05) is 18.4 Å². The van der Waals surface area contributed by atoms with Crippen LogP contribution in [0.4, 0.5) is 10.1 Å². The minimum absolute atomic E-state index is 0.0316. The number of para-hydroxylation sites is 1. The molecule has 3 aromatic carbocycles. The molecule has 1 aliphatic rings. The van der Waals surface area contributed by atoms with Gasteiger partial charge < -0.3 is 9.88 Å². The molecule has 0 aliphatic carbocycles. The van der Waals surface area contributed by atoms with Crippen LogP contribution in [-0.2, 0) is 11.3 Å². The molecular formula is C30H32FN3O. The zero-order valence-electron chi connectivity index (χ0n) is 20.4. The van der Waals surface area contributed by atoms with Gasteiger partial charge in [-0.3, -0.25) is 9.69 Å². The van der Waals surface area contributed by atoms with Crippen LogP contribution < -0.4 is 5.32 Å². The third-order valence-corrected chi connectivity index (χ3v) is 7.03. The molecular weight excluding hydrogens is 437 g/mol. The average Bonchev–Trinajstić information content (AvgIpc) is 3.23. The summed E-state index contributed by atoms with van der Waals surface area (Å²) in [6.07, 6.45) is 4.39. The van der Waals surface area contributed by atoms with Crippen LogP contribution in [0.1, 0.15) is 43.7 Å².